The van der Waals surface area contributed by atoms with Gasteiger partial charge in [0, 0.05) is 6.20 Å². The molecule has 90 valence electrons. The lowest BCUT2D eigenvalue weighted by Gasteiger charge is -2.21. The van der Waals surface area contributed by atoms with Crippen LogP contribution in [-0.2, 0) is 9.53 Å². The molecule has 5 heteroatoms. The summed E-state index contributed by atoms with van der Waals surface area (Å²) in [5, 5.41) is 0. The van der Waals surface area contributed by atoms with Crippen LogP contribution in [-0.4, -0.2) is 23.9 Å². The van der Waals surface area contributed by atoms with Crippen molar-refractivity contribution in [2.75, 3.05) is 7.11 Å². The molecule has 0 radical (unpaired) electrons. The molecule has 4 nitrogen and oxygen atoms in total. The van der Waals surface area contributed by atoms with Crippen LogP contribution in [0, 0.1) is 5.92 Å². The van der Waals surface area contributed by atoms with Gasteiger partial charge in [-0.3, -0.25) is 4.79 Å². The Morgan fingerprint density at radius 2 is 2.12 bits per heavy atom. The molecule has 0 fully saturated rings. The van der Waals surface area contributed by atoms with Crippen molar-refractivity contribution in [3.8, 4) is 0 Å². The molecule has 1 aromatic rings. The fourth-order valence-electron chi connectivity index (χ4n) is 1.59. The van der Waals surface area contributed by atoms with Gasteiger partial charge in [0.2, 0.25) is 0 Å². The van der Waals surface area contributed by atoms with Crippen LogP contribution in [0.5, 0.6) is 0 Å². The Morgan fingerprint density at radius 1 is 1.50 bits per heavy atom. The van der Waals surface area contributed by atoms with Crippen molar-refractivity contribution in [1.82, 2.24) is 4.57 Å². The van der Waals surface area contributed by atoms with Gasteiger partial charge in [-0.05, 0) is 18.1 Å². The maximum atomic E-state index is 11.6. The zero-order valence-corrected chi connectivity index (χ0v) is 10.4. The van der Waals surface area contributed by atoms with E-state index in [1.54, 1.807) is 22.9 Å². The number of carbonyl (C=O) groups is 2. The molecule has 0 aliphatic rings. The van der Waals surface area contributed by atoms with Crippen LogP contribution in [0.15, 0.2) is 18.3 Å². The number of ether oxygens (including phenoxy) is 1. The topological polar surface area (TPSA) is 48.3 Å². The van der Waals surface area contributed by atoms with E-state index in [1.807, 2.05) is 13.8 Å². The first-order valence-corrected chi connectivity index (χ1v) is 4.81. The molecule has 16 heavy (non-hydrogen) atoms. The third-order valence-corrected chi connectivity index (χ3v) is 2.31. The van der Waals surface area contributed by atoms with Gasteiger partial charge in [-0.1, -0.05) is 13.8 Å². The van der Waals surface area contributed by atoms with Gasteiger partial charge in [0.15, 0.2) is 6.29 Å². The number of rotatable bonds is 4. The molecule has 1 rings (SSSR count). The van der Waals surface area contributed by atoms with Crippen molar-refractivity contribution in [2.45, 2.75) is 19.9 Å². The number of aromatic nitrogens is 1. The first kappa shape index (κ1) is 14.7. The molecule has 1 aromatic heterocycles. The number of methoxy groups -OCH3 is 1. The highest BCUT2D eigenvalue weighted by atomic mass is 35.5. The number of halogens is 1. The average Bonchev–Trinajstić information content (AvgIpc) is 2.65. The van der Waals surface area contributed by atoms with Crippen LogP contribution in [0.4, 0.5) is 0 Å². The highest BCUT2D eigenvalue weighted by molar-refractivity contribution is 5.85. The summed E-state index contributed by atoms with van der Waals surface area (Å²) in [6, 6.07) is 2.97. The number of esters is 1. The second-order valence-electron chi connectivity index (χ2n) is 3.67. The molecule has 0 amide bonds. The van der Waals surface area contributed by atoms with Crippen molar-refractivity contribution >= 4 is 24.7 Å². The zero-order chi connectivity index (χ0) is 11.4. The van der Waals surface area contributed by atoms with Crippen molar-refractivity contribution in [1.29, 1.82) is 0 Å². The Kier molecular flexibility index (Phi) is 5.82. The molecule has 0 aromatic carbocycles. The van der Waals surface area contributed by atoms with E-state index in [4.69, 9.17) is 4.74 Å². The van der Waals surface area contributed by atoms with E-state index in [1.165, 1.54) is 7.11 Å². The molecule has 0 saturated carbocycles. The Balaban J connectivity index is 0.00000225. The summed E-state index contributed by atoms with van der Waals surface area (Å²) in [4.78, 5) is 22.3. The Morgan fingerprint density at radius 3 is 2.56 bits per heavy atom. The molecule has 1 atom stereocenters. The van der Waals surface area contributed by atoms with Crippen molar-refractivity contribution < 1.29 is 14.3 Å². The maximum absolute atomic E-state index is 11.6. The quantitative estimate of drug-likeness (QED) is 0.603. The summed E-state index contributed by atoms with van der Waals surface area (Å²) in [7, 11) is 1.35. The third kappa shape index (κ3) is 2.85. The largest absolute Gasteiger partial charge is 0.467 e. The monoisotopic (exact) mass is 245 g/mol. The maximum Gasteiger partial charge on any atom is 0.329 e. The van der Waals surface area contributed by atoms with E-state index in [2.05, 4.69) is 0 Å². The molecule has 0 aliphatic carbocycles. The number of hydrogen-bond acceptors (Lipinski definition) is 3. The summed E-state index contributed by atoms with van der Waals surface area (Å²) in [5.74, 6) is -0.257. The number of nitrogens with zero attached hydrogens (tertiary/aromatic N) is 1. The molecule has 0 N–H and O–H groups in total. The zero-order valence-electron chi connectivity index (χ0n) is 9.54. The molecule has 0 bridgehead atoms. The first-order chi connectivity index (χ1) is 7.11. The van der Waals surface area contributed by atoms with E-state index in [0.29, 0.717) is 5.69 Å². The Hall–Kier alpha value is -1.29. The van der Waals surface area contributed by atoms with E-state index < -0.39 is 6.04 Å². The Labute approximate surface area is 101 Å². The SMILES string of the molecule is COC(=O)C(C(C)C)n1cccc1C=O.Cl. The molecule has 0 saturated heterocycles. The van der Waals surface area contributed by atoms with E-state index in [-0.39, 0.29) is 24.3 Å². The van der Waals surface area contributed by atoms with E-state index in [0.717, 1.165) is 6.29 Å². The van der Waals surface area contributed by atoms with Gasteiger partial charge < -0.3 is 9.30 Å². The fourth-order valence-corrected chi connectivity index (χ4v) is 1.59. The number of aldehydes is 1. The lowest BCUT2D eigenvalue weighted by atomic mass is 10.0. The van der Waals surface area contributed by atoms with Gasteiger partial charge in [-0.15, -0.1) is 12.4 Å². The van der Waals surface area contributed by atoms with Crippen LogP contribution in [0.2, 0.25) is 0 Å². The van der Waals surface area contributed by atoms with Crippen LogP contribution >= 0.6 is 12.4 Å². The molecule has 0 aliphatic heterocycles. The average molecular weight is 246 g/mol. The highest BCUT2D eigenvalue weighted by Crippen LogP contribution is 2.21. The predicted molar refractivity (Wildman–Crippen MR) is 63.0 cm³/mol. The summed E-state index contributed by atoms with van der Waals surface area (Å²) in [5.41, 5.74) is 0.485. The molecule has 1 unspecified atom stereocenters. The van der Waals surface area contributed by atoms with Gasteiger partial charge in [0.1, 0.15) is 6.04 Å². The highest BCUT2D eigenvalue weighted by Gasteiger charge is 2.25. The predicted octanol–water partition coefficient (Wildman–Crippen LogP) is 2.09. The number of hydrogen-bond donors (Lipinski definition) is 0. The van der Waals surface area contributed by atoms with Crippen molar-refractivity contribution in [3.63, 3.8) is 0 Å². The van der Waals surface area contributed by atoms with Crippen LogP contribution in [0.1, 0.15) is 30.4 Å². The minimum Gasteiger partial charge on any atom is -0.467 e. The third-order valence-electron chi connectivity index (χ3n) is 2.31. The van der Waals surface area contributed by atoms with Gasteiger partial charge in [-0.2, -0.15) is 0 Å². The van der Waals surface area contributed by atoms with Crippen LogP contribution in [0.3, 0.4) is 0 Å². The van der Waals surface area contributed by atoms with Crippen LogP contribution < -0.4 is 0 Å². The summed E-state index contributed by atoms with van der Waals surface area (Å²) in [6.07, 6.45) is 2.45. The Bertz CT molecular complexity index is 360. The van der Waals surface area contributed by atoms with Crippen LogP contribution in [0.25, 0.3) is 0 Å². The lowest BCUT2D eigenvalue weighted by molar-refractivity contribution is -0.146. The van der Waals surface area contributed by atoms with Gasteiger partial charge >= 0.3 is 5.97 Å². The minimum atomic E-state index is -0.440. The van der Waals surface area contributed by atoms with Gasteiger partial charge in [0.05, 0.1) is 12.8 Å². The van der Waals surface area contributed by atoms with Crippen molar-refractivity contribution in [2.24, 2.45) is 5.92 Å². The summed E-state index contributed by atoms with van der Waals surface area (Å²) < 4.78 is 6.36. The van der Waals surface area contributed by atoms with E-state index >= 15 is 0 Å². The van der Waals surface area contributed by atoms with Gasteiger partial charge in [-0.25, -0.2) is 4.79 Å². The molecule has 0 spiro atoms. The first-order valence-electron chi connectivity index (χ1n) is 4.81. The molecule has 1 heterocycles. The van der Waals surface area contributed by atoms with Crippen molar-refractivity contribution in [3.05, 3.63) is 24.0 Å². The summed E-state index contributed by atoms with van der Waals surface area (Å²) >= 11 is 0. The fraction of sp³-hybridized carbons (Fsp3) is 0.455. The standard InChI is InChI=1S/C11H15NO3.ClH/c1-8(2)10(11(14)15-3)12-6-4-5-9(12)7-13;/h4-8,10H,1-3H3;1H. The normalized spacial score (nSPS) is 11.8. The summed E-state index contributed by atoms with van der Waals surface area (Å²) in [6.45, 7) is 3.83. The molecular weight excluding hydrogens is 230 g/mol. The smallest absolute Gasteiger partial charge is 0.329 e. The number of carbonyl (C=O) groups excluding carboxylic acids is 2. The lowest BCUT2D eigenvalue weighted by Crippen LogP contribution is -2.26. The minimum absolute atomic E-state index is 0. The molecular formula is C11H16ClNO3. The van der Waals surface area contributed by atoms with E-state index in [9.17, 15) is 9.59 Å². The second-order valence-corrected chi connectivity index (χ2v) is 3.67. The van der Waals surface area contributed by atoms with Gasteiger partial charge in [0.25, 0.3) is 0 Å². The second kappa shape index (κ2) is 6.33.